The average Bonchev–Trinajstić information content (AvgIpc) is 2.98. The molecule has 2 aromatic rings. The number of hydrogen-bond donors (Lipinski definition) is 2. The fourth-order valence-corrected chi connectivity index (χ4v) is 5.07. The Morgan fingerprint density at radius 1 is 1.32 bits per heavy atom. The number of thiophene rings is 1. The van der Waals surface area contributed by atoms with Gasteiger partial charge in [0.25, 0.3) is 11.8 Å². The van der Waals surface area contributed by atoms with Gasteiger partial charge >= 0.3 is 0 Å². The molecule has 0 spiro atoms. The number of carbonyl (C=O) groups excluding carboxylic acids is 2. The SMILES string of the molecule is CCOc1cccc(C(=O)Nc2sc3c(c2C(N)=O)CC[C@H](C(C)(C)C)C3)c1. The first kappa shape index (κ1) is 20.4. The van der Waals surface area contributed by atoms with E-state index in [0.717, 1.165) is 24.8 Å². The molecule has 1 aromatic carbocycles. The van der Waals surface area contributed by atoms with Crippen molar-refractivity contribution in [1.29, 1.82) is 0 Å². The number of nitrogens with one attached hydrogen (secondary N) is 1. The largest absolute Gasteiger partial charge is 0.494 e. The zero-order valence-corrected chi connectivity index (χ0v) is 17.7. The molecule has 1 aliphatic rings. The van der Waals surface area contributed by atoms with Crippen LogP contribution in [0.15, 0.2) is 24.3 Å². The zero-order chi connectivity index (χ0) is 20.5. The predicted molar refractivity (Wildman–Crippen MR) is 113 cm³/mol. The van der Waals surface area contributed by atoms with Gasteiger partial charge in [0.15, 0.2) is 0 Å². The normalized spacial score (nSPS) is 16.4. The number of primary amides is 1. The Morgan fingerprint density at radius 2 is 2.07 bits per heavy atom. The third-order valence-corrected chi connectivity index (χ3v) is 6.54. The quantitative estimate of drug-likeness (QED) is 0.766. The van der Waals surface area contributed by atoms with Crippen LogP contribution in [0.3, 0.4) is 0 Å². The first-order chi connectivity index (χ1) is 13.2. The smallest absolute Gasteiger partial charge is 0.256 e. The molecule has 0 fully saturated rings. The Balaban J connectivity index is 1.88. The summed E-state index contributed by atoms with van der Waals surface area (Å²) in [7, 11) is 0. The van der Waals surface area contributed by atoms with Gasteiger partial charge in [-0.3, -0.25) is 9.59 Å². The molecule has 0 radical (unpaired) electrons. The van der Waals surface area contributed by atoms with E-state index < -0.39 is 5.91 Å². The molecule has 0 unspecified atom stereocenters. The monoisotopic (exact) mass is 400 g/mol. The maximum Gasteiger partial charge on any atom is 0.256 e. The van der Waals surface area contributed by atoms with Gasteiger partial charge in [-0.1, -0.05) is 26.8 Å². The Labute approximate surface area is 170 Å². The Morgan fingerprint density at radius 3 is 2.71 bits per heavy atom. The Kier molecular flexibility index (Phi) is 5.79. The summed E-state index contributed by atoms with van der Waals surface area (Å²) in [5.74, 6) is 0.440. The predicted octanol–water partition coefficient (Wildman–Crippen LogP) is 4.65. The lowest BCUT2D eigenvalue weighted by Crippen LogP contribution is -2.27. The summed E-state index contributed by atoms with van der Waals surface area (Å²) in [6, 6.07) is 7.02. The maximum atomic E-state index is 12.8. The number of fused-ring (bicyclic) bond motifs is 1. The molecule has 150 valence electrons. The van der Waals surface area contributed by atoms with Gasteiger partial charge < -0.3 is 15.8 Å². The van der Waals surface area contributed by atoms with E-state index in [1.165, 1.54) is 16.2 Å². The van der Waals surface area contributed by atoms with Crippen LogP contribution in [0.25, 0.3) is 0 Å². The van der Waals surface area contributed by atoms with Gasteiger partial charge in [-0.15, -0.1) is 11.3 Å². The minimum Gasteiger partial charge on any atom is -0.494 e. The highest BCUT2D eigenvalue weighted by atomic mass is 32.1. The van der Waals surface area contributed by atoms with E-state index in [4.69, 9.17) is 10.5 Å². The second kappa shape index (κ2) is 7.95. The number of rotatable bonds is 5. The van der Waals surface area contributed by atoms with E-state index in [1.54, 1.807) is 18.2 Å². The van der Waals surface area contributed by atoms with Gasteiger partial charge in [-0.05, 0) is 61.3 Å². The van der Waals surface area contributed by atoms with Crippen molar-refractivity contribution in [3.8, 4) is 5.75 Å². The van der Waals surface area contributed by atoms with Gasteiger partial charge in [-0.25, -0.2) is 0 Å². The van der Waals surface area contributed by atoms with Crippen LogP contribution in [0.1, 0.15) is 65.3 Å². The Bertz CT molecular complexity index is 896. The first-order valence-corrected chi connectivity index (χ1v) is 10.5. The summed E-state index contributed by atoms with van der Waals surface area (Å²) in [5, 5.41) is 3.47. The highest BCUT2D eigenvalue weighted by Crippen LogP contribution is 2.44. The molecular formula is C22H28N2O3S. The van der Waals surface area contributed by atoms with E-state index in [9.17, 15) is 9.59 Å². The molecule has 0 saturated carbocycles. The molecule has 28 heavy (non-hydrogen) atoms. The molecule has 1 aliphatic carbocycles. The number of carbonyl (C=O) groups is 2. The molecule has 3 N–H and O–H groups in total. The van der Waals surface area contributed by atoms with E-state index in [2.05, 4.69) is 26.1 Å². The fraction of sp³-hybridized carbons (Fsp3) is 0.455. The summed E-state index contributed by atoms with van der Waals surface area (Å²) in [4.78, 5) is 26.1. The van der Waals surface area contributed by atoms with Crippen LogP contribution in [0.2, 0.25) is 0 Å². The van der Waals surface area contributed by atoms with Crippen LogP contribution in [0, 0.1) is 11.3 Å². The lowest BCUT2D eigenvalue weighted by molar-refractivity contribution is 0.1000. The van der Waals surface area contributed by atoms with Gasteiger partial charge in [-0.2, -0.15) is 0 Å². The minimum atomic E-state index is -0.481. The Hall–Kier alpha value is -2.34. The van der Waals surface area contributed by atoms with Crippen LogP contribution >= 0.6 is 11.3 Å². The number of nitrogens with two attached hydrogens (primary N) is 1. The molecule has 0 saturated heterocycles. The molecule has 5 nitrogen and oxygen atoms in total. The molecule has 1 aromatic heterocycles. The second-order valence-corrected chi connectivity index (χ2v) is 9.40. The second-order valence-electron chi connectivity index (χ2n) is 8.29. The number of benzene rings is 1. The van der Waals surface area contributed by atoms with Crippen molar-refractivity contribution in [3.05, 3.63) is 45.8 Å². The lowest BCUT2D eigenvalue weighted by atomic mass is 9.72. The van der Waals surface area contributed by atoms with E-state index >= 15 is 0 Å². The fourth-order valence-electron chi connectivity index (χ4n) is 3.74. The molecule has 6 heteroatoms. The summed E-state index contributed by atoms with van der Waals surface area (Å²) < 4.78 is 5.47. The first-order valence-electron chi connectivity index (χ1n) is 9.69. The highest BCUT2D eigenvalue weighted by molar-refractivity contribution is 7.17. The van der Waals surface area contributed by atoms with Crippen LogP contribution in [-0.4, -0.2) is 18.4 Å². The van der Waals surface area contributed by atoms with Crippen LogP contribution in [0.4, 0.5) is 5.00 Å². The topological polar surface area (TPSA) is 81.4 Å². The summed E-state index contributed by atoms with van der Waals surface area (Å²) in [6.07, 6.45) is 2.76. The van der Waals surface area contributed by atoms with E-state index in [1.807, 2.05) is 13.0 Å². The van der Waals surface area contributed by atoms with Crippen molar-refractivity contribution in [2.45, 2.75) is 47.0 Å². The van der Waals surface area contributed by atoms with Crippen molar-refractivity contribution >= 4 is 28.2 Å². The maximum absolute atomic E-state index is 12.8. The number of hydrogen-bond acceptors (Lipinski definition) is 4. The number of anilines is 1. The summed E-state index contributed by atoms with van der Waals surface area (Å²) >= 11 is 1.48. The zero-order valence-electron chi connectivity index (χ0n) is 16.9. The van der Waals surface area contributed by atoms with Crippen molar-refractivity contribution in [1.82, 2.24) is 0 Å². The van der Waals surface area contributed by atoms with Crippen LogP contribution in [-0.2, 0) is 12.8 Å². The molecule has 0 bridgehead atoms. The molecule has 1 atom stereocenters. The van der Waals surface area contributed by atoms with E-state index in [-0.39, 0.29) is 11.3 Å². The third kappa shape index (κ3) is 4.22. The molecule has 0 aliphatic heterocycles. The number of amides is 2. The standard InChI is InChI=1S/C22H28N2O3S/c1-5-27-15-8-6-7-13(11-15)20(26)24-21-18(19(23)25)16-10-9-14(22(2,3)4)12-17(16)28-21/h6-8,11,14H,5,9-10,12H2,1-4H3,(H2,23,25)(H,24,26)/t14-/m0/s1. The third-order valence-electron chi connectivity index (χ3n) is 5.37. The molecule has 3 rings (SSSR count). The van der Waals surface area contributed by atoms with Gasteiger partial charge in [0.2, 0.25) is 0 Å². The molecule has 1 heterocycles. The van der Waals surface area contributed by atoms with Crippen molar-refractivity contribution < 1.29 is 14.3 Å². The summed E-state index contributed by atoms with van der Waals surface area (Å²) in [5.41, 5.74) is 7.85. The number of ether oxygens (including phenoxy) is 1. The van der Waals surface area contributed by atoms with E-state index in [0.29, 0.717) is 34.4 Å². The minimum absolute atomic E-state index is 0.206. The van der Waals surface area contributed by atoms with Gasteiger partial charge in [0.05, 0.1) is 12.2 Å². The van der Waals surface area contributed by atoms with Gasteiger partial charge in [0, 0.05) is 10.4 Å². The molecule has 2 amide bonds. The molecular weight excluding hydrogens is 372 g/mol. The van der Waals surface area contributed by atoms with Crippen molar-refractivity contribution in [2.24, 2.45) is 17.1 Å². The summed E-state index contributed by atoms with van der Waals surface area (Å²) in [6.45, 7) is 9.17. The van der Waals surface area contributed by atoms with Crippen molar-refractivity contribution in [2.75, 3.05) is 11.9 Å². The van der Waals surface area contributed by atoms with Crippen LogP contribution < -0.4 is 15.8 Å². The van der Waals surface area contributed by atoms with Crippen molar-refractivity contribution in [3.63, 3.8) is 0 Å². The van der Waals surface area contributed by atoms with Gasteiger partial charge in [0.1, 0.15) is 10.8 Å². The van der Waals surface area contributed by atoms with Crippen LogP contribution in [0.5, 0.6) is 5.75 Å². The highest BCUT2D eigenvalue weighted by Gasteiger charge is 2.33. The average molecular weight is 401 g/mol. The lowest BCUT2D eigenvalue weighted by Gasteiger charge is -2.33.